The van der Waals surface area contributed by atoms with Crippen molar-refractivity contribution in [2.45, 2.75) is 24.4 Å². The van der Waals surface area contributed by atoms with Crippen molar-refractivity contribution >= 4 is 18.0 Å². The lowest BCUT2D eigenvalue weighted by Gasteiger charge is -2.39. The van der Waals surface area contributed by atoms with E-state index < -0.39 is 30.1 Å². The number of nitrogens with zero attached hydrogens (tertiary/aromatic N) is 2. The van der Waals surface area contributed by atoms with Crippen LogP contribution in [0.4, 0.5) is 15.4 Å². The van der Waals surface area contributed by atoms with Gasteiger partial charge in [0, 0.05) is 18.7 Å². The monoisotopic (exact) mass is 541 g/mol. The molecule has 0 fully saturated rings. The van der Waals surface area contributed by atoms with Crippen molar-refractivity contribution in [3.8, 4) is 0 Å². The molecule has 1 aliphatic rings. The van der Waals surface area contributed by atoms with Gasteiger partial charge in [0.2, 0.25) is 0 Å². The summed E-state index contributed by atoms with van der Waals surface area (Å²) >= 11 is 0. The first-order chi connectivity index (χ1) is 19.5. The van der Waals surface area contributed by atoms with E-state index in [2.05, 4.69) is 68.1 Å². The molecule has 5 rings (SSSR count). The van der Waals surface area contributed by atoms with Crippen LogP contribution in [0.15, 0.2) is 97.2 Å². The number of fused-ring (bicyclic) bond motifs is 1. The second kappa shape index (κ2) is 11.9. The van der Waals surface area contributed by atoms with Gasteiger partial charge in [0.1, 0.15) is 5.82 Å². The third kappa shape index (κ3) is 5.60. The molecular formula is C29H31N7O4. The van der Waals surface area contributed by atoms with Gasteiger partial charge in [-0.15, -0.1) is 0 Å². The molecule has 2 heterocycles. The van der Waals surface area contributed by atoms with Crippen LogP contribution in [-0.4, -0.2) is 51.6 Å². The molecule has 0 radical (unpaired) electrons. The fraction of sp³-hybridized carbons (Fsp3) is 0.207. The molecule has 11 nitrogen and oxygen atoms in total. The molecule has 1 aromatic heterocycles. The van der Waals surface area contributed by atoms with Crippen molar-refractivity contribution in [3.05, 3.63) is 119 Å². The minimum atomic E-state index is -1.37. The SMILES string of the molecule is O=C(O)NC(NC(=O)O)NC(CNC(c1ccccc1)(c1ccccc1)c1ccccc1)c1cnn2c1NCC2. The van der Waals surface area contributed by atoms with Crippen LogP contribution < -0.4 is 26.6 Å². The summed E-state index contributed by atoms with van der Waals surface area (Å²) < 4.78 is 1.84. The molecule has 0 aliphatic carbocycles. The number of carboxylic acid groups (broad SMARTS) is 2. The zero-order valence-electron chi connectivity index (χ0n) is 21.6. The molecule has 1 unspecified atom stereocenters. The summed E-state index contributed by atoms with van der Waals surface area (Å²) in [6, 6.07) is 29.7. The summed E-state index contributed by atoms with van der Waals surface area (Å²) in [6.07, 6.45) is -2.31. The standard InChI is InChI=1S/C29H31N7O4/c37-27(38)34-26(35-28(39)40)33-24(23-18-32-36-17-16-30-25(23)36)19-31-29(20-10-4-1-5-11-20,21-12-6-2-7-13-21)22-14-8-3-9-15-22/h1-15,18,24,26,30-31,33-35H,16-17,19H2,(H,37,38)(H,39,40). The van der Waals surface area contributed by atoms with Crippen LogP contribution in [0.3, 0.4) is 0 Å². The second-order valence-electron chi connectivity index (χ2n) is 9.38. The minimum Gasteiger partial charge on any atom is -0.465 e. The van der Waals surface area contributed by atoms with E-state index in [1.807, 2.05) is 59.3 Å². The molecule has 3 aromatic carbocycles. The van der Waals surface area contributed by atoms with Gasteiger partial charge < -0.3 is 15.5 Å². The largest absolute Gasteiger partial charge is 0.465 e. The number of anilines is 1. The summed E-state index contributed by atoms with van der Waals surface area (Å²) in [5.74, 6) is 0.799. The third-order valence-electron chi connectivity index (χ3n) is 6.95. The average Bonchev–Trinajstić information content (AvgIpc) is 3.58. The van der Waals surface area contributed by atoms with Crippen LogP contribution in [0.2, 0.25) is 0 Å². The fourth-order valence-corrected chi connectivity index (χ4v) is 5.25. The quantitative estimate of drug-likeness (QED) is 0.113. The number of hydrogen-bond donors (Lipinski definition) is 7. The summed E-state index contributed by atoms with van der Waals surface area (Å²) in [7, 11) is 0. The third-order valence-corrected chi connectivity index (χ3v) is 6.95. The lowest BCUT2D eigenvalue weighted by molar-refractivity contribution is 0.167. The van der Waals surface area contributed by atoms with Gasteiger partial charge in [-0.2, -0.15) is 5.10 Å². The Bertz CT molecular complexity index is 1320. The van der Waals surface area contributed by atoms with Crippen molar-refractivity contribution in [2.75, 3.05) is 18.4 Å². The maximum absolute atomic E-state index is 11.5. The Kier molecular flexibility index (Phi) is 7.94. The molecule has 11 heteroatoms. The number of nitrogens with one attached hydrogen (secondary N) is 5. The van der Waals surface area contributed by atoms with Crippen LogP contribution in [0.1, 0.15) is 28.3 Å². The molecule has 1 atom stereocenters. The van der Waals surface area contributed by atoms with Crippen LogP contribution >= 0.6 is 0 Å². The minimum absolute atomic E-state index is 0.276. The second-order valence-corrected chi connectivity index (χ2v) is 9.38. The Morgan fingerprint density at radius 1 is 0.850 bits per heavy atom. The zero-order chi connectivity index (χ0) is 28.0. The predicted molar refractivity (Wildman–Crippen MR) is 150 cm³/mol. The molecule has 7 N–H and O–H groups in total. The maximum Gasteiger partial charge on any atom is 0.407 e. The van der Waals surface area contributed by atoms with E-state index in [1.165, 1.54) is 0 Å². The summed E-state index contributed by atoms with van der Waals surface area (Å²) in [5.41, 5.74) is 3.01. The number of amides is 2. The molecule has 40 heavy (non-hydrogen) atoms. The Hall–Kier alpha value is -4.87. The summed E-state index contributed by atoms with van der Waals surface area (Å²) in [6.45, 7) is 1.68. The van der Waals surface area contributed by atoms with Gasteiger partial charge in [0.15, 0.2) is 6.29 Å². The Balaban J connectivity index is 1.59. The lowest BCUT2D eigenvalue weighted by Crippen LogP contribution is -2.58. The smallest absolute Gasteiger partial charge is 0.407 e. The maximum atomic E-state index is 11.5. The first-order valence-electron chi connectivity index (χ1n) is 12.9. The highest BCUT2D eigenvalue weighted by atomic mass is 16.4. The van der Waals surface area contributed by atoms with E-state index in [1.54, 1.807) is 6.20 Å². The molecule has 0 saturated carbocycles. The van der Waals surface area contributed by atoms with Gasteiger partial charge in [-0.3, -0.25) is 21.3 Å². The number of aromatic nitrogens is 2. The van der Waals surface area contributed by atoms with Crippen LogP contribution in [0.5, 0.6) is 0 Å². The van der Waals surface area contributed by atoms with E-state index in [-0.39, 0.29) is 6.54 Å². The molecule has 0 saturated heterocycles. The molecule has 0 spiro atoms. The molecule has 4 aromatic rings. The predicted octanol–water partition coefficient (Wildman–Crippen LogP) is 3.34. The Labute approximate surface area is 231 Å². The Morgan fingerprint density at radius 2 is 1.35 bits per heavy atom. The number of hydrogen-bond acceptors (Lipinski definition) is 6. The van der Waals surface area contributed by atoms with Gasteiger partial charge in [0.25, 0.3) is 0 Å². The van der Waals surface area contributed by atoms with Gasteiger partial charge in [0.05, 0.1) is 24.3 Å². The van der Waals surface area contributed by atoms with E-state index in [9.17, 15) is 19.8 Å². The highest BCUT2D eigenvalue weighted by molar-refractivity contribution is 5.68. The highest BCUT2D eigenvalue weighted by Crippen LogP contribution is 2.37. The van der Waals surface area contributed by atoms with Crippen LogP contribution in [-0.2, 0) is 12.1 Å². The van der Waals surface area contributed by atoms with E-state index >= 15 is 0 Å². The average molecular weight is 542 g/mol. The normalized spacial score (nSPS) is 13.3. The van der Waals surface area contributed by atoms with Gasteiger partial charge in [-0.25, -0.2) is 14.3 Å². The van der Waals surface area contributed by atoms with E-state index in [4.69, 9.17) is 0 Å². The van der Waals surface area contributed by atoms with Gasteiger partial charge in [-0.05, 0) is 16.7 Å². The number of benzene rings is 3. The lowest BCUT2D eigenvalue weighted by atomic mass is 9.77. The van der Waals surface area contributed by atoms with Gasteiger partial charge >= 0.3 is 12.2 Å². The molecular weight excluding hydrogens is 510 g/mol. The molecule has 206 valence electrons. The highest BCUT2D eigenvalue weighted by Gasteiger charge is 2.37. The zero-order valence-corrected chi connectivity index (χ0v) is 21.6. The molecule has 0 bridgehead atoms. The van der Waals surface area contributed by atoms with E-state index in [0.717, 1.165) is 28.1 Å². The van der Waals surface area contributed by atoms with E-state index in [0.29, 0.717) is 13.1 Å². The first kappa shape index (κ1) is 26.7. The Morgan fingerprint density at radius 3 is 1.82 bits per heavy atom. The topological polar surface area (TPSA) is 153 Å². The van der Waals surface area contributed by atoms with Crippen molar-refractivity contribution in [2.24, 2.45) is 0 Å². The summed E-state index contributed by atoms with van der Waals surface area (Å²) in [5, 5.41) is 37.9. The molecule has 1 aliphatic heterocycles. The van der Waals surface area contributed by atoms with Crippen molar-refractivity contribution in [3.63, 3.8) is 0 Å². The van der Waals surface area contributed by atoms with Crippen molar-refractivity contribution in [1.82, 2.24) is 31.0 Å². The molecule has 2 amide bonds. The number of rotatable bonds is 11. The van der Waals surface area contributed by atoms with Crippen LogP contribution in [0.25, 0.3) is 0 Å². The number of carbonyl (C=O) groups is 2. The van der Waals surface area contributed by atoms with Gasteiger partial charge in [-0.1, -0.05) is 91.0 Å². The van der Waals surface area contributed by atoms with Crippen molar-refractivity contribution in [1.29, 1.82) is 0 Å². The fourth-order valence-electron chi connectivity index (χ4n) is 5.25. The summed E-state index contributed by atoms with van der Waals surface area (Å²) in [4.78, 5) is 23.0. The first-order valence-corrected chi connectivity index (χ1v) is 12.9. The van der Waals surface area contributed by atoms with Crippen LogP contribution in [0, 0.1) is 0 Å². The van der Waals surface area contributed by atoms with Crippen molar-refractivity contribution < 1.29 is 19.8 Å².